The molecule has 8 heteroatoms. The first-order valence-electron chi connectivity index (χ1n) is 6.95. The van der Waals surface area contributed by atoms with Gasteiger partial charge in [-0.15, -0.1) is 0 Å². The molecule has 0 aliphatic heterocycles. The average Bonchev–Trinajstić information content (AvgIpc) is 2.44. The van der Waals surface area contributed by atoms with Crippen LogP contribution in [0.4, 0.5) is 18.0 Å². The summed E-state index contributed by atoms with van der Waals surface area (Å²) < 4.78 is 39.3. The number of hydrogen-bond donors (Lipinski definition) is 2. The summed E-state index contributed by atoms with van der Waals surface area (Å²) in [6, 6.07) is 2.53. The summed E-state index contributed by atoms with van der Waals surface area (Å²) in [5, 5.41) is 11.3. The second-order valence-corrected chi connectivity index (χ2v) is 5.39. The molecule has 2 N–H and O–H groups in total. The van der Waals surface area contributed by atoms with E-state index < -0.39 is 36.2 Å². The van der Waals surface area contributed by atoms with Crippen molar-refractivity contribution in [1.82, 2.24) is 10.2 Å². The van der Waals surface area contributed by atoms with Crippen LogP contribution in [0, 0.1) is 0 Å². The molecule has 0 spiro atoms. The van der Waals surface area contributed by atoms with Gasteiger partial charge >= 0.3 is 18.2 Å². The van der Waals surface area contributed by atoms with E-state index in [-0.39, 0.29) is 11.6 Å². The lowest BCUT2D eigenvalue weighted by atomic mass is 9.97. The molecule has 0 radical (unpaired) electrons. The van der Waals surface area contributed by atoms with Gasteiger partial charge in [-0.2, -0.15) is 13.2 Å². The smallest absolute Gasteiger partial charge is 0.416 e. The maximum absolute atomic E-state index is 13.1. The van der Waals surface area contributed by atoms with Crippen LogP contribution in [0.5, 0.6) is 0 Å². The molecule has 1 aromatic carbocycles. The molecular weight excluding hydrogens is 313 g/mol. The first-order valence-corrected chi connectivity index (χ1v) is 6.95. The van der Waals surface area contributed by atoms with Crippen LogP contribution in [-0.4, -0.2) is 35.1 Å². The number of rotatable bonds is 5. The highest BCUT2D eigenvalue weighted by molar-refractivity contribution is 5.76. The van der Waals surface area contributed by atoms with Crippen molar-refractivity contribution in [2.75, 3.05) is 7.05 Å². The third-order valence-electron chi connectivity index (χ3n) is 3.41. The van der Waals surface area contributed by atoms with Crippen LogP contribution in [-0.2, 0) is 11.0 Å². The number of aliphatic carboxylic acids is 1. The molecule has 0 heterocycles. The van der Waals surface area contributed by atoms with E-state index in [1.807, 2.05) is 0 Å². The maximum atomic E-state index is 13.1. The Kier molecular flexibility index (Phi) is 6.00. The SMILES string of the molecule is CC(C)N(C)C(=O)NC(CC(=O)O)c1ccccc1C(F)(F)F. The van der Waals surface area contributed by atoms with Crippen molar-refractivity contribution in [3.8, 4) is 0 Å². The fraction of sp³-hybridized carbons (Fsp3) is 0.467. The van der Waals surface area contributed by atoms with Gasteiger partial charge in [-0.1, -0.05) is 18.2 Å². The minimum absolute atomic E-state index is 0.182. The van der Waals surface area contributed by atoms with Gasteiger partial charge in [0, 0.05) is 13.1 Å². The monoisotopic (exact) mass is 332 g/mol. The molecule has 1 rings (SSSR count). The van der Waals surface area contributed by atoms with Gasteiger partial charge in [-0.25, -0.2) is 4.79 Å². The Morgan fingerprint density at radius 3 is 2.30 bits per heavy atom. The molecule has 0 aliphatic rings. The Balaban J connectivity index is 3.18. The number of carbonyl (C=O) groups is 2. The number of nitrogens with one attached hydrogen (secondary N) is 1. The Morgan fingerprint density at radius 1 is 1.26 bits per heavy atom. The second kappa shape index (κ2) is 7.34. The molecule has 5 nitrogen and oxygen atoms in total. The van der Waals surface area contributed by atoms with Gasteiger partial charge < -0.3 is 15.3 Å². The predicted molar refractivity (Wildman–Crippen MR) is 77.9 cm³/mol. The lowest BCUT2D eigenvalue weighted by Crippen LogP contribution is -2.43. The average molecular weight is 332 g/mol. The summed E-state index contributed by atoms with van der Waals surface area (Å²) in [7, 11) is 1.48. The van der Waals surface area contributed by atoms with E-state index in [0.717, 1.165) is 6.07 Å². The van der Waals surface area contributed by atoms with Crippen LogP contribution >= 0.6 is 0 Å². The molecule has 0 saturated carbocycles. The lowest BCUT2D eigenvalue weighted by Gasteiger charge is -2.27. The third-order valence-corrected chi connectivity index (χ3v) is 3.41. The Morgan fingerprint density at radius 2 is 1.83 bits per heavy atom. The zero-order chi connectivity index (χ0) is 17.8. The van der Waals surface area contributed by atoms with Gasteiger partial charge in [-0.3, -0.25) is 4.79 Å². The fourth-order valence-corrected chi connectivity index (χ4v) is 1.96. The van der Waals surface area contributed by atoms with Crippen LogP contribution in [0.1, 0.15) is 37.4 Å². The van der Waals surface area contributed by atoms with Crippen molar-refractivity contribution in [2.24, 2.45) is 0 Å². The summed E-state index contributed by atoms with van der Waals surface area (Å²) in [5.41, 5.74) is -1.23. The van der Waals surface area contributed by atoms with Crippen LogP contribution in [0.2, 0.25) is 0 Å². The predicted octanol–water partition coefficient (Wildman–Crippen LogP) is 3.27. The van der Waals surface area contributed by atoms with Crippen LogP contribution < -0.4 is 5.32 Å². The molecule has 0 fully saturated rings. The lowest BCUT2D eigenvalue weighted by molar-refractivity contribution is -0.140. The molecular formula is C15H19F3N2O3. The van der Waals surface area contributed by atoms with Gasteiger partial charge in [0.2, 0.25) is 0 Å². The maximum Gasteiger partial charge on any atom is 0.416 e. The summed E-state index contributed by atoms with van der Waals surface area (Å²) in [5.74, 6) is -1.31. The normalized spacial score (nSPS) is 12.8. The van der Waals surface area contributed by atoms with E-state index in [1.165, 1.54) is 30.1 Å². The summed E-state index contributed by atoms with van der Waals surface area (Å²) in [6.07, 6.45) is -5.28. The third kappa shape index (κ3) is 5.15. The van der Waals surface area contributed by atoms with E-state index in [9.17, 15) is 22.8 Å². The number of benzene rings is 1. The molecule has 0 saturated heterocycles. The number of carbonyl (C=O) groups excluding carboxylic acids is 1. The molecule has 0 bridgehead atoms. The summed E-state index contributed by atoms with van der Waals surface area (Å²) >= 11 is 0. The molecule has 1 atom stereocenters. The zero-order valence-corrected chi connectivity index (χ0v) is 13.0. The molecule has 0 aliphatic carbocycles. The van der Waals surface area contributed by atoms with Gasteiger partial charge in [0.15, 0.2) is 0 Å². The molecule has 1 unspecified atom stereocenters. The minimum Gasteiger partial charge on any atom is -0.481 e. The second-order valence-electron chi connectivity index (χ2n) is 5.39. The molecule has 128 valence electrons. The number of urea groups is 1. The number of carboxylic acid groups (broad SMARTS) is 1. The van der Waals surface area contributed by atoms with Crippen LogP contribution in [0.15, 0.2) is 24.3 Å². The molecule has 1 aromatic rings. The topological polar surface area (TPSA) is 69.6 Å². The number of alkyl halides is 3. The number of amides is 2. The highest BCUT2D eigenvalue weighted by Crippen LogP contribution is 2.35. The van der Waals surface area contributed by atoms with E-state index in [4.69, 9.17) is 5.11 Å². The standard InChI is InChI=1S/C15H19F3N2O3/c1-9(2)20(3)14(23)19-12(8-13(21)22)10-6-4-5-7-11(10)15(16,17)18/h4-7,9,12H,8H2,1-3H3,(H,19,23)(H,21,22). The quantitative estimate of drug-likeness (QED) is 0.869. The van der Waals surface area contributed by atoms with Crippen molar-refractivity contribution < 1.29 is 27.9 Å². The van der Waals surface area contributed by atoms with Crippen molar-refractivity contribution in [1.29, 1.82) is 0 Å². The van der Waals surface area contributed by atoms with Gasteiger partial charge in [-0.05, 0) is 25.5 Å². The number of hydrogen-bond acceptors (Lipinski definition) is 2. The van der Waals surface area contributed by atoms with E-state index >= 15 is 0 Å². The van der Waals surface area contributed by atoms with Crippen LogP contribution in [0.3, 0.4) is 0 Å². The van der Waals surface area contributed by atoms with Crippen molar-refractivity contribution in [3.05, 3.63) is 35.4 Å². The molecule has 2 amide bonds. The van der Waals surface area contributed by atoms with Crippen molar-refractivity contribution in [3.63, 3.8) is 0 Å². The van der Waals surface area contributed by atoms with E-state index in [2.05, 4.69) is 5.32 Å². The summed E-state index contributed by atoms with van der Waals surface area (Å²) in [4.78, 5) is 24.3. The molecule has 23 heavy (non-hydrogen) atoms. The van der Waals surface area contributed by atoms with E-state index in [0.29, 0.717) is 0 Å². The highest BCUT2D eigenvalue weighted by atomic mass is 19.4. The number of halogens is 3. The number of nitrogens with zero attached hydrogens (tertiary/aromatic N) is 1. The first kappa shape index (κ1) is 18.8. The van der Waals surface area contributed by atoms with Crippen LogP contribution in [0.25, 0.3) is 0 Å². The fourth-order valence-electron chi connectivity index (χ4n) is 1.96. The minimum atomic E-state index is -4.64. The van der Waals surface area contributed by atoms with Crippen molar-refractivity contribution >= 4 is 12.0 Å². The Hall–Kier alpha value is -2.25. The Bertz CT molecular complexity index is 573. The molecule has 0 aromatic heterocycles. The number of carboxylic acids is 1. The largest absolute Gasteiger partial charge is 0.481 e. The van der Waals surface area contributed by atoms with E-state index in [1.54, 1.807) is 13.8 Å². The van der Waals surface area contributed by atoms with Crippen molar-refractivity contribution in [2.45, 2.75) is 38.5 Å². The van der Waals surface area contributed by atoms with Gasteiger partial charge in [0.1, 0.15) is 0 Å². The Labute approximate surface area is 132 Å². The summed E-state index contributed by atoms with van der Waals surface area (Å²) in [6.45, 7) is 3.46. The van der Waals surface area contributed by atoms with Gasteiger partial charge in [0.25, 0.3) is 0 Å². The first-order chi connectivity index (χ1) is 10.5. The zero-order valence-electron chi connectivity index (χ0n) is 13.0. The van der Waals surface area contributed by atoms with Gasteiger partial charge in [0.05, 0.1) is 18.0 Å². The highest BCUT2D eigenvalue weighted by Gasteiger charge is 2.36.